The highest BCUT2D eigenvalue weighted by Gasteiger charge is 2.30. The molecule has 1 aromatic carbocycles. The van der Waals surface area contributed by atoms with E-state index in [0.717, 1.165) is 51.1 Å². The van der Waals surface area contributed by atoms with Crippen LogP contribution in [0.1, 0.15) is 24.8 Å². The predicted molar refractivity (Wildman–Crippen MR) is 84.9 cm³/mol. The Bertz CT molecular complexity index is 503. The van der Waals surface area contributed by atoms with Crippen molar-refractivity contribution in [3.8, 4) is 5.75 Å². The second kappa shape index (κ2) is 7.14. The largest absolute Gasteiger partial charge is 0.496 e. The number of rotatable bonds is 4. The van der Waals surface area contributed by atoms with Crippen molar-refractivity contribution in [1.82, 2.24) is 4.90 Å². The van der Waals surface area contributed by atoms with Gasteiger partial charge in [-0.25, -0.2) is 0 Å². The molecule has 0 bridgehead atoms. The Hall–Kier alpha value is -1.55. The zero-order valence-electron chi connectivity index (χ0n) is 13.3. The van der Waals surface area contributed by atoms with E-state index in [2.05, 4.69) is 12.1 Å². The molecule has 2 heterocycles. The third kappa shape index (κ3) is 3.43. The topological polar surface area (TPSA) is 38.8 Å². The van der Waals surface area contributed by atoms with E-state index in [0.29, 0.717) is 18.4 Å². The van der Waals surface area contributed by atoms with E-state index in [1.807, 2.05) is 17.0 Å². The first kappa shape index (κ1) is 15.3. The van der Waals surface area contributed by atoms with E-state index in [9.17, 15) is 4.79 Å². The number of amides is 1. The molecule has 1 amide bonds. The SMILES string of the molecule is COc1ccccc1CC1CCN(C(=O)[C@@H]2CCOC2)CC1. The molecule has 3 rings (SSSR count). The molecule has 2 aliphatic rings. The summed E-state index contributed by atoms with van der Waals surface area (Å²) in [5, 5.41) is 0. The molecule has 0 unspecified atom stereocenters. The van der Waals surface area contributed by atoms with Crippen LogP contribution < -0.4 is 4.74 Å². The molecule has 0 N–H and O–H groups in total. The van der Waals surface area contributed by atoms with Crippen LogP contribution in [-0.2, 0) is 16.0 Å². The van der Waals surface area contributed by atoms with Crippen LogP contribution in [0.3, 0.4) is 0 Å². The number of ether oxygens (including phenoxy) is 2. The molecule has 2 aliphatic heterocycles. The summed E-state index contributed by atoms with van der Waals surface area (Å²) in [5.74, 6) is 2.02. The van der Waals surface area contributed by atoms with Crippen LogP contribution in [0.25, 0.3) is 0 Å². The second-order valence-electron chi connectivity index (χ2n) is 6.35. The highest BCUT2D eigenvalue weighted by Crippen LogP contribution is 2.27. The number of carbonyl (C=O) groups excluding carboxylic acids is 1. The number of para-hydroxylation sites is 1. The minimum absolute atomic E-state index is 0.103. The van der Waals surface area contributed by atoms with E-state index in [1.165, 1.54) is 5.56 Å². The van der Waals surface area contributed by atoms with Gasteiger partial charge in [-0.15, -0.1) is 0 Å². The quantitative estimate of drug-likeness (QED) is 0.858. The maximum absolute atomic E-state index is 12.4. The lowest BCUT2D eigenvalue weighted by atomic mass is 9.89. The summed E-state index contributed by atoms with van der Waals surface area (Å²) in [5.41, 5.74) is 1.28. The average Bonchev–Trinajstić information content (AvgIpc) is 3.10. The third-order valence-electron chi connectivity index (χ3n) is 4.91. The van der Waals surface area contributed by atoms with E-state index < -0.39 is 0 Å². The summed E-state index contributed by atoms with van der Waals surface area (Å²) in [4.78, 5) is 14.4. The van der Waals surface area contributed by atoms with Crippen molar-refractivity contribution in [1.29, 1.82) is 0 Å². The van der Waals surface area contributed by atoms with Gasteiger partial charge in [-0.1, -0.05) is 18.2 Å². The van der Waals surface area contributed by atoms with E-state index >= 15 is 0 Å². The average molecular weight is 303 g/mol. The molecule has 0 aliphatic carbocycles. The molecule has 1 atom stereocenters. The van der Waals surface area contributed by atoms with Gasteiger partial charge in [0.2, 0.25) is 5.91 Å². The first-order chi connectivity index (χ1) is 10.8. The fourth-order valence-electron chi connectivity index (χ4n) is 3.53. The first-order valence-electron chi connectivity index (χ1n) is 8.26. The minimum Gasteiger partial charge on any atom is -0.496 e. The van der Waals surface area contributed by atoms with E-state index in [4.69, 9.17) is 9.47 Å². The molecule has 2 saturated heterocycles. The van der Waals surface area contributed by atoms with Crippen molar-refractivity contribution >= 4 is 5.91 Å². The number of piperidine rings is 1. The van der Waals surface area contributed by atoms with Gasteiger partial charge in [0.1, 0.15) is 5.75 Å². The van der Waals surface area contributed by atoms with Crippen LogP contribution in [0.15, 0.2) is 24.3 Å². The Morgan fingerprint density at radius 1 is 1.27 bits per heavy atom. The van der Waals surface area contributed by atoms with Crippen LogP contribution in [0.2, 0.25) is 0 Å². The molecule has 0 radical (unpaired) electrons. The molecule has 4 heteroatoms. The van der Waals surface area contributed by atoms with Gasteiger partial charge in [0.15, 0.2) is 0 Å². The zero-order chi connectivity index (χ0) is 15.4. The number of benzene rings is 1. The molecule has 4 nitrogen and oxygen atoms in total. The first-order valence-corrected chi connectivity index (χ1v) is 8.26. The van der Waals surface area contributed by atoms with Crippen molar-refractivity contribution in [3.63, 3.8) is 0 Å². The number of hydrogen-bond acceptors (Lipinski definition) is 3. The van der Waals surface area contributed by atoms with Gasteiger partial charge in [0.25, 0.3) is 0 Å². The lowest BCUT2D eigenvalue weighted by Gasteiger charge is -2.33. The van der Waals surface area contributed by atoms with Gasteiger partial charge < -0.3 is 14.4 Å². The van der Waals surface area contributed by atoms with Gasteiger partial charge in [0, 0.05) is 19.7 Å². The van der Waals surface area contributed by atoms with Gasteiger partial charge in [-0.05, 0) is 43.2 Å². The summed E-state index contributed by atoms with van der Waals surface area (Å²) in [6.07, 6.45) is 4.09. The van der Waals surface area contributed by atoms with E-state index in [-0.39, 0.29) is 5.92 Å². The van der Waals surface area contributed by atoms with Crippen molar-refractivity contribution in [2.75, 3.05) is 33.4 Å². The Morgan fingerprint density at radius 2 is 2.05 bits per heavy atom. The summed E-state index contributed by atoms with van der Waals surface area (Å²) in [7, 11) is 1.73. The highest BCUT2D eigenvalue weighted by molar-refractivity contribution is 5.79. The molecule has 2 fully saturated rings. The van der Waals surface area contributed by atoms with Gasteiger partial charge in [-0.3, -0.25) is 4.79 Å². The molecule has 0 aromatic heterocycles. The molecule has 1 aromatic rings. The fourth-order valence-corrected chi connectivity index (χ4v) is 3.53. The van der Waals surface area contributed by atoms with Crippen LogP contribution in [0.4, 0.5) is 0 Å². The minimum atomic E-state index is 0.103. The second-order valence-corrected chi connectivity index (χ2v) is 6.35. The number of likely N-dealkylation sites (tertiary alicyclic amines) is 1. The highest BCUT2D eigenvalue weighted by atomic mass is 16.5. The molecular formula is C18H25NO3. The number of methoxy groups -OCH3 is 1. The van der Waals surface area contributed by atoms with Gasteiger partial charge in [0.05, 0.1) is 19.6 Å². The number of carbonyl (C=O) groups is 1. The summed E-state index contributed by atoms with van der Waals surface area (Å²) in [6, 6.07) is 8.24. The Morgan fingerprint density at radius 3 is 2.73 bits per heavy atom. The normalized spacial score (nSPS) is 22.8. The van der Waals surface area contributed by atoms with Crippen molar-refractivity contribution in [2.24, 2.45) is 11.8 Å². The lowest BCUT2D eigenvalue weighted by Crippen LogP contribution is -2.42. The van der Waals surface area contributed by atoms with Gasteiger partial charge in [-0.2, -0.15) is 0 Å². The summed E-state index contributed by atoms with van der Waals surface area (Å²) < 4.78 is 10.8. The van der Waals surface area contributed by atoms with E-state index in [1.54, 1.807) is 7.11 Å². The Labute approximate surface area is 132 Å². The maximum atomic E-state index is 12.4. The summed E-state index contributed by atoms with van der Waals surface area (Å²) >= 11 is 0. The summed E-state index contributed by atoms with van der Waals surface area (Å²) in [6.45, 7) is 3.12. The molecule has 22 heavy (non-hydrogen) atoms. The lowest BCUT2D eigenvalue weighted by molar-refractivity contribution is -0.136. The number of hydrogen-bond donors (Lipinski definition) is 0. The monoisotopic (exact) mass is 303 g/mol. The molecule has 120 valence electrons. The van der Waals surface area contributed by atoms with Gasteiger partial charge >= 0.3 is 0 Å². The third-order valence-corrected chi connectivity index (χ3v) is 4.91. The van der Waals surface area contributed by atoms with Crippen molar-refractivity contribution < 1.29 is 14.3 Å². The maximum Gasteiger partial charge on any atom is 0.228 e. The van der Waals surface area contributed by atoms with Crippen LogP contribution >= 0.6 is 0 Å². The van der Waals surface area contributed by atoms with Crippen LogP contribution in [0.5, 0.6) is 5.75 Å². The number of nitrogens with zero attached hydrogens (tertiary/aromatic N) is 1. The predicted octanol–water partition coefficient (Wildman–Crippen LogP) is 2.51. The Balaban J connectivity index is 1.52. The standard InChI is InChI=1S/C18H25NO3/c1-21-17-5-3-2-4-15(17)12-14-6-9-19(10-7-14)18(20)16-8-11-22-13-16/h2-5,14,16H,6-13H2,1H3/t16-/m1/s1. The molecular weight excluding hydrogens is 278 g/mol. The van der Waals surface area contributed by atoms with Crippen LogP contribution in [0, 0.1) is 11.8 Å². The fraction of sp³-hybridized carbons (Fsp3) is 0.611. The van der Waals surface area contributed by atoms with Crippen molar-refractivity contribution in [3.05, 3.63) is 29.8 Å². The smallest absolute Gasteiger partial charge is 0.228 e. The molecule has 0 saturated carbocycles. The van der Waals surface area contributed by atoms with Crippen LogP contribution in [-0.4, -0.2) is 44.2 Å². The molecule has 0 spiro atoms. The Kier molecular flexibility index (Phi) is 4.98. The van der Waals surface area contributed by atoms with Crippen molar-refractivity contribution in [2.45, 2.75) is 25.7 Å². The zero-order valence-corrected chi connectivity index (χ0v) is 13.3.